The van der Waals surface area contributed by atoms with Crippen LogP contribution >= 0.6 is 0 Å². The molecule has 156 valence electrons. The molecule has 7 nitrogen and oxygen atoms in total. The van der Waals surface area contributed by atoms with E-state index in [4.69, 9.17) is 14.2 Å². The van der Waals surface area contributed by atoms with Crippen LogP contribution in [0.5, 0.6) is 0 Å². The number of benzene rings is 2. The van der Waals surface area contributed by atoms with Gasteiger partial charge in [-0.15, -0.1) is 0 Å². The number of aliphatic hydroxyl groups excluding tert-OH is 2. The lowest BCUT2D eigenvalue weighted by atomic mass is 9.96. The average molecular weight is 401 g/mol. The fourth-order valence-electron chi connectivity index (χ4n) is 3.32. The van der Waals surface area contributed by atoms with E-state index in [1.807, 2.05) is 60.7 Å². The number of nitrogens with one attached hydrogen (secondary N) is 1. The highest BCUT2D eigenvalue weighted by Gasteiger charge is 2.46. The predicted molar refractivity (Wildman–Crippen MR) is 106 cm³/mol. The molecule has 0 unspecified atom stereocenters. The Hall–Kier alpha value is -2.29. The number of rotatable bonds is 8. The van der Waals surface area contributed by atoms with E-state index in [2.05, 4.69) is 5.32 Å². The number of hydrogen-bond acceptors (Lipinski definition) is 6. The van der Waals surface area contributed by atoms with Gasteiger partial charge < -0.3 is 29.7 Å². The molecule has 0 spiro atoms. The maximum Gasteiger partial charge on any atom is 0.217 e. The van der Waals surface area contributed by atoms with Crippen LogP contribution in [0.4, 0.5) is 0 Å². The zero-order valence-corrected chi connectivity index (χ0v) is 16.3. The fraction of sp³-hybridized carbons (Fsp3) is 0.409. The number of ether oxygens (including phenoxy) is 3. The normalized spacial score (nSPS) is 26.8. The molecule has 0 bridgehead atoms. The Kier molecular flexibility index (Phi) is 7.74. The van der Waals surface area contributed by atoms with Crippen LogP contribution in [0.3, 0.4) is 0 Å². The van der Waals surface area contributed by atoms with E-state index in [0.29, 0.717) is 0 Å². The van der Waals surface area contributed by atoms with Gasteiger partial charge in [-0.3, -0.25) is 4.79 Å². The molecule has 1 aliphatic heterocycles. The molecule has 3 N–H and O–H groups in total. The third-order valence-electron chi connectivity index (χ3n) is 4.77. The van der Waals surface area contributed by atoms with Crippen LogP contribution in [-0.2, 0) is 32.2 Å². The Labute approximate surface area is 170 Å². The first-order valence-electron chi connectivity index (χ1n) is 9.61. The quantitative estimate of drug-likeness (QED) is 0.618. The first-order valence-corrected chi connectivity index (χ1v) is 9.61. The lowest BCUT2D eigenvalue weighted by molar-refractivity contribution is -0.281. The number of carbonyl (C=O) groups is 1. The van der Waals surface area contributed by atoms with Gasteiger partial charge in [-0.2, -0.15) is 0 Å². The van der Waals surface area contributed by atoms with Crippen molar-refractivity contribution >= 4 is 5.91 Å². The van der Waals surface area contributed by atoms with Crippen molar-refractivity contribution in [1.82, 2.24) is 5.32 Å². The van der Waals surface area contributed by atoms with Gasteiger partial charge in [0.25, 0.3) is 0 Å². The summed E-state index contributed by atoms with van der Waals surface area (Å²) in [5.41, 5.74) is 1.86. The minimum atomic E-state index is -1.13. The van der Waals surface area contributed by atoms with Crippen LogP contribution in [0.2, 0.25) is 0 Å². The molecule has 0 aromatic heterocycles. The van der Waals surface area contributed by atoms with Gasteiger partial charge in [-0.25, -0.2) is 0 Å². The van der Waals surface area contributed by atoms with Crippen molar-refractivity contribution < 1.29 is 29.2 Å². The molecular weight excluding hydrogens is 374 g/mol. The summed E-state index contributed by atoms with van der Waals surface area (Å²) in [6.45, 7) is 1.47. The van der Waals surface area contributed by atoms with Gasteiger partial charge in [-0.1, -0.05) is 60.7 Å². The van der Waals surface area contributed by atoms with Gasteiger partial charge in [0, 0.05) is 6.92 Å². The Balaban J connectivity index is 1.76. The van der Waals surface area contributed by atoms with E-state index in [1.54, 1.807) is 0 Å². The van der Waals surface area contributed by atoms with E-state index >= 15 is 0 Å². The SMILES string of the molecule is CC(=O)N[C@@H]1[C@H](OCc2ccccc2)O[C@H](CO)[C@H](O)[C@@H]1OCc1ccccc1. The molecule has 1 heterocycles. The van der Waals surface area contributed by atoms with Gasteiger partial charge >= 0.3 is 0 Å². The van der Waals surface area contributed by atoms with Crippen LogP contribution in [0.15, 0.2) is 60.7 Å². The van der Waals surface area contributed by atoms with Crippen molar-refractivity contribution in [2.24, 2.45) is 0 Å². The number of carbonyl (C=O) groups excluding carboxylic acids is 1. The van der Waals surface area contributed by atoms with Crippen molar-refractivity contribution in [2.45, 2.75) is 50.8 Å². The van der Waals surface area contributed by atoms with Gasteiger partial charge in [0.2, 0.25) is 5.91 Å². The molecule has 3 rings (SSSR count). The highest BCUT2D eigenvalue weighted by molar-refractivity contribution is 5.73. The zero-order chi connectivity index (χ0) is 20.6. The Morgan fingerprint density at radius 1 is 1.00 bits per heavy atom. The largest absolute Gasteiger partial charge is 0.394 e. The maximum atomic E-state index is 11.8. The van der Waals surface area contributed by atoms with Crippen molar-refractivity contribution in [2.75, 3.05) is 6.61 Å². The molecule has 29 heavy (non-hydrogen) atoms. The average Bonchev–Trinajstić information content (AvgIpc) is 2.74. The standard InChI is InChI=1S/C22H27NO6/c1-15(25)23-19-21(27-13-16-8-4-2-5-9-16)20(26)18(12-24)29-22(19)28-14-17-10-6-3-7-11-17/h2-11,18-22,24,26H,12-14H2,1H3,(H,23,25)/t18-,19+,20+,21-,22-/m1/s1. The van der Waals surface area contributed by atoms with Gasteiger partial charge in [0.15, 0.2) is 6.29 Å². The summed E-state index contributed by atoms with van der Waals surface area (Å²) in [6.07, 6.45) is -3.72. The molecule has 7 heteroatoms. The molecule has 0 saturated carbocycles. The van der Waals surface area contributed by atoms with Crippen LogP contribution in [-0.4, -0.2) is 53.4 Å². The van der Waals surface area contributed by atoms with Crippen LogP contribution in [0.1, 0.15) is 18.1 Å². The van der Waals surface area contributed by atoms with Crippen molar-refractivity contribution in [3.05, 3.63) is 71.8 Å². The van der Waals surface area contributed by atoms with E-state index in [-0.39, 0.29) is 19.1 Å². The zero-order valence-electron chi connectivity index (χ0n) is 16.3. The Morgan fingerprint density at radius 3 is 2.07 bits per heavy atom. The second-order valence-corrected chi connectivity index (χ2v) is 7.00. The van der Waals surface area contributed by atoms with Crippen molar-refractivity contribution in [3.8, 4) is 0 Å². The van der Waals surface area contributed by atoms with Crippen molar-refractivity contribution in [1.29, 1.82) is 0 Å². The predicted octanol–water partition coefficient (Wildman–Crippen LogP) is 1.37. The van der Waals surface area contributed by atoms with Crippen molar-refractivity contribution in [3.63, 3.8) is 0 Å². The van der Waals surface area contributed by atoms with Gasteiger partial charge in [-0.05, 0) is 11.1 Å². The van der Waals surface area contributed by atoms with Gasteiger partial charge in [0.05, 0.1) is 19.8 Å². The molecule has 1 saturated heterocycles. The van der Waals surface area contributed by atoms with E-state index in [0.717, 1.165) is 11.1 Å². The lowest BCUT2D eigenvalue weighted by Crippen LogP contribution is -2.65. The van der Waals surface area contributed by atoms with E-state index in [1.165, 1.54) is 6.92 Å². The first-order chi connectivity index (χ1) is 14.1. The van der Waals surface area contributed by atoms with Crippen LogP contribution in [0, 0.1) is 0 Å². The topological polar surface area (TPSA) is 97.3 Å². The highest BCUT2D eigenvalue weighted by atomic mass is 16.7. The third-order valence-corrected chi connectivity index (χ3v) is 4.77. The lowest BCUT2D eigenvalue weighted by Gasteiger charge is -2.44. The molecule has 5 atom stereocenters. The summed E-state index contributed by atoms with van der Waals surface area (Å²) in [5, 5.41) is 23.1. The third kappa shape index (κ3) is 5.85. The summed E-state index contributed by atoms with van der Waals surface area (Å²) in [5.74, 6) is -0.296. The van der Waals surface area contributed by atoms with E-state index in [9.17, 15) is 15.0 Å². The Bertz CT molecular complexity index is 756. The summed E-state index contributed by atoms with van der Waals surface area (Å²) in [6, 6.07) is 18.3. The van der Waals surface area contributed by atoms with Crippen LogP contribution < -0.4 is 5.32 Å². The molecule has 0 aliphatic carbocycles. The molecule has 0 radical (unpaired) electrons. The van der Waals surface area contributed by atoms with Gasteiger partial charge in [0.1, 0.15) is 24.4 Å². The second-order valence-electron chi connectivity index (χ2n) is 7.00. The molecule has 1 amide bonds. The molecule has 1 aliphatic rings. The minimum Gasteiger partial charge on any atom is -0.394 e. The summed E-state index contributed by atoms with van der Waals surface area (Å²) < 4.78 is 17.6. The molecule has 1 fully saturated rings. The highest BCUT2D eigenvalue weighted by Crippen LogP contribution is 2.26. The number of amides is 1. The second kappa shape index (κ2) is 10.5. The van der Waals surface area contributed by atoms with E-state index < -0.39 is 37.3 Å². The maximum absolute atomic E-state index is 11.8. The summed E-state index contributed by atoms with van der Waals surface area (Å²) >= 11 is 0. The summed E-state index contributed by atoms with van der Waals surface area (Å²) in [7, 11) is 0. The van der Waals surface area contributed by atoms with Crippen LogP contribution in [0.25, 0.3) is 0 Å². The summed E-state index contributed by atoms with van der Waals surface area (Å²) in [4.78, 5) is 11.8. The fourth-order valence-corrected chi connectivity index (χ4v) is 3.32. The smallest absolute Gasteiger partial charge is 0.217 e. The molecular formula is C22H27NO6. The monoisotopic (exact) mass is 401 g/mol. The Morgan fingerprint density at radius 2 is 1.55 bits per heavy atom. The molecule has 2 aromatic carbocycles. The molecule has 2 aromatic rings. The first kappa shape index (κ1) is 21.4. The minimum absolute atomic E-state index is 0.238. The number of hydrogen-bond donors (Lipinski definition) is 3. The number of aliphatic hydroxyl groups is 2.